The third-order valence-electron chi connectivity index (χ3n) is 4.92. The number of carbonyl (C=O) groups excluding carboxylic acids is 1. The topological polar surface area (TPSA) is 41.6 Å². The average Bonchev–Trinajstić information content (AvgIpc) is 3.20. The van der Waals surface area contributed by atoms with Gasteiger partial charge in [-0.2, -0.15) is 0 Å². The van der Waals surface area contributed by atoms with E-state index in [0.717, 1.165) is 30.9 Å². The highest BCUT2D eigenvalue weighted by molar-refractivity contribution is 7.21. The van der Waals surface area contributed by atoms with E-state index in [4.69, 9.17) is 4.74 Å². The molecule has 3 heterocycles. The number of hydrogen-bond donors (Lipinski definition) is 1. The Bertz CT molecular complexity index is 754. The zero-order valence-electron chi connectivity index (χ0n) is 13.4. The van der Waals surface area contributed by atoms with Gasteiger partial charge in [-0.3, -0.25) is 4.79 Å². The number of halogens is 2. The van der Waals surface area contributed by atoms with Crippen LogP contribution in [0.15, 0.2) is 18.2 Å². The maximum atomic E-state index is 14.2. The molecule has 1 aromatic heterocycles. The highest BCUT2D eigenvalue weighted by Gasteiger charge is 2.39. The molecule has 2 saturated heterocycles. The van der Waals surface area contributed by atoms with E-state index in [2.05, 4.69) is 5.32 Å². The van der Waals surface area contributed by atoms with Crippen molar-refractivity contribution < 1.29 is 13.9 Å². The lowest BCUT2D eigenvalue weighted by atomic mass is 10.0. The van der Waals surface area contributed by atoms with Gasteiger partial charge < -0.3 is 15.0 Å². The summed E-state index contributed by atoms with van der Waals surface area (Å²) in [6.07, 6.45) is 0. The zero-order valence-corrected chi connectivity index (χ0v) is 15.0. The maximum absolute atomic E-state index is 14.2. The summed E-state index contributed by atoms with van der Waals surface area (Å²) in [4.78, 5) is 15.5. The van der Waals surface area contributed by atoms with Crippen LogP contribution in [0.3, 0.4) is 0 Å². The smallest absolute Gasteiger partial charge is 0.264 e. The number of likely N-dealkylation sites (tertiary alicyclic amines) is 1. The minimum Gasteiger partial charge on any atom is -0.380 e. The minimum absolute atomic E-state index is 0. The summed E-state index contributed by atoms with van der Waals surface area (Å²) in [5, 5.41) is 3.91. The van der Waals surface area contributed by atoms with Crippen LogP contribution in [-0.4, -0.2) is 44.1 Å². The number of nitrogens with one attached hydrogen (secondary N) is 1. The predicted octanol–water partition coefficient (Wildman–Crippen LogP) is 2.90. The summed E-state index contributed by atoms with van der Waals surface area (Å²) >= 11 is 1.37. The first kappa shape index (κ1) is 17.6. The van der Waals surface area contributed by atoms with Crippen molar-refractivity contribution in [2.75, 3.05) is 33.3 Å². The number of hydrogen-bond acceptors (Lipinski definition) is 4. The maximum Gasteiger partial charge on any atom is 0.264 e. The van der Waals surface area contributed by atoms with Crippen molar-refractivity contribution in [2.45, 2.75) is 6.61 Å². The predicted molar refractivity (Wildman–Crippen MR) is 95.5 cm³/mol. The van der Waals surface area contributed by atoms with Gasteiger partial charge in [-0.25, -0.2) is 4.39 Å². The second kappa shape index (κ2) is 6.96. The second-order valence-electron chi connectivity index (χ2n) is 6.34. The van der Waals surface area contributed by atoms with Gasteiger partial charge in [0, 0.05) is 48.9 Å². The first-order chi connectivity index (χ1) is 11.2. The van der Waals surface area contributed by atoms with Crippen LogP contribution in [-0.2, 0) is 11.3 Å². The third kappa shape index (κ3) is 2.81. The number of nitrogens with zero attached hydrogens (tertiary/aromatic N) is 1. The van der Waals surface area contributed by atoms with Gasteiger partial charge in [0.1, 0.15) is 5.82 Å². The lowest BCUT2D eigenvalue weighted by molar-refractivity contribution is 0.0782. The number of fused-ring (bicyclic) bond motifs is 2. The Kier molecular flexibility index (Phi) is 5.11. The Labute approximate surface area is 150 Å². The van der Waals surface area contributed by atoms with Gasteiger partial charge in [-0.05, 0) is 24.0 Å². The largest absolute Gasteiger partial charge is 0.380 e. The molecule has 0 radical (unpaired) electrons. The lowest BCUT2D eigenvalue weighted by Gasteiger charge is -2.17. The van der Waals surface area contributed by atoms with Gasteiger partial charge in [0.2, 0.25) is 0 Å². The molecule has 4 nitrogen and oxygen atoms in total. The molecule has 0 aliphatic carbocycles. The fourth-order valence-electron chi connectivity index (χ4n) is 3.79. The van der Waals surface area contributed by atoms with E-state index in [-0.39, 0.29) is 30.7 Å². The van der Waals surface area contributed by atoms with Gasteiger partial charge >= 0.3 is 0 Å². The van der Waals surface area contributed by atoms with Crippen LogP contribution >= 0.6 is 23.7 Å². The minimum atomic E-state index is -0.285. The van der Waals surface area contributed by atoms with E-state index in [0.29, 0.717) is 27.7 Å². The van der Waals surface area contributed by atoms with E-state index in [9.17, 15) is 9.18 Å². The first-order valence-corrected chi connectivity index (χ1v) is 8.69. The number of thiophene rings is 1. The molecule has 2 aliphatic rings. The Morgan fingerprint density at radius 2 is 2.08 bits per heavy atom. The van der Waals surface area contributed by atoms with Crippen molar-refractivity contribution in [1.29, 1.82) is 0 Å². The molecule has 1 amide bonds. The first-order valence-electron chi connectivity index (χ1n) is 7.88. The monoisotopic (exact) mass is 370 g/mol. The fraction of sp³-hybridized carbons (Fsp3) is 0.471. The van der Waals surface area contributed by atoms with Crippen LogP contribution in [0, 0.1) is 17.7 Å². The van der Waals surface area contributed by atoms with Crippen LogP contribution in [0.2, 0.25) is 0 Å². The molecule has 1 aromatic carbocycles. The van der Waals surface area contributed by atoms with Gasteiger partial charge in [0.15, 0.2) is 0 Å². The second-order valence-corrected chi connectivity index (χ2v) is 7.40. The number of methoxy groups -OCH3 is 1. The molecule has 0 spiro atoms. The van der Waals surface area contributed by atoms with E-state index in [1.165, 1.54) is 17.4 Å². The van der Waals surface area contributed by atoms with Gasteiger partial charge in [-0.15, -0.1) is 23.7 Å². The van der Waals surface area contributed by atoms with E-state index in [1.807, 2.05) is 11.0 Å². The fourth-order valence-corrected chi connectivity index (χ4v) is 4.98. The van der Waals surface area contributed by atoms with Gasteiger partial charge in [-0.1, -0.05) is 6.07 Å². The van der Waals surface area contributed by atoms with Crippen molar-refractivity contribution in [1.82, 2.24) is 10.2 Å². The van der Waals surface area contributed by atoms with Crippen LogP contribution in [0.5, 0.6) is 0 Å². The zero-order chi connectivity index (χ0) is 16.0. The van der Waals surface area contributed by atoms with Crippen molar-refractivity contribution in [3.63, 3.8) is 0 Å². The van der Waals surface area contributed by atoms with Crippen molar-refractivity contribution in [3.8, 4) is 0 Å². The molecule has 2 fully saturated rings. The summed E-state index contributed by atoms with van der Waals surface area (Å²) in [6.45, 7) is 3.81. The normalized spacial score (nSPS) is 22.7. The van der Waals surface area contributed by atoms with Crippen LogP contribution in [0.25, 0.3) is 10.1 Å². The molecule has 4 rings (SSSR count). The SMILES string of the molecule is COCc1c(C(=O)N2C[C@H]3CNC[C@H]3C2)sc2cccc(F)c12.Cl. The number of ether oxygens (including phenoxy) is 1. The van der Waals surface area contributed by atoms with Crippen LogP contribution in [0.4, 0.5) is 4.39 Å². The molecule has 0 unspecified atom stereocenters. The summed E-state index contributed by atoms with van der Waals surface area (Å²) < 4.78 is 20.3. The van der Waals surface area contributed by atoms with E-state index < -0.39 is 0 Å². The Hall–Kier alpha value is -1.21. The number of rotatable bonds is 3. The Morgan fingerprint density at radius 1 is 1.38 bits per heavy atom. The molecule has 24 heavy (non-hydrogen) atoms. The molecular formula is C17H20ClFN2O2S. The number of benzene rings is 1. The molecule has 7 heteroatoms. The summed E-state index contributed by atoms with van der Waals surface area (Å²) in [5.74, 6) is 0.839. The molecule has 0 saturated carbocycles. The van der Waals surface area contributed by atoms with Gasteiger partial charge in [0.05, 0.1) is 11.5 Å². The van der Waals surface area contributed by atoms with Crippen molar-refractivity contribution in [2.24, 2.45) is 11.8 Å². The standard InChI is InChI=1S/C17H19FN2O2S.ClH/c1-22-9-12-15-13(18)3-2-4-14(15)23-16(12)17(21)20-7-10-5-19-6-11(10)8-20;/h2-4,10-11,19H,5-9H2,1H3;1H/t10-,11+;. The molecule has 2 aliphatic heterocycles. The summed E-state index contributed by atoms with van der Waals surface area (Å²) in [6, 6.07) is 4.99. The van der Waals surface area contributed by atoms with E-state index in [1.54, 1.807) is 13.2 Å². The number of amides is 1. The summed E-state index contributed by atoms with van der Waals surface area (Å²) in [5.41, 5.74) is 0.686. The summed E-state index contributed by atoms with van der Waals surface area (Å²) in [7, 11) is 1.57. The molecular weight excluding hydrogens is 351 g/mol. The van der Waals surface area contributed by atoms with Gasteiger partial charge in [0.25, 0.3) is 5.91 Å². The average molecular weight is 371 g/mol. The highest BCUT2D eigenvalue weighted by Crippen LogP contribution is 2.36. The van der Waals surface area contributed by atoms with E-state index >= 15 is 0 Å². The molecule has 130 valence electrons. The lowest BCUT2D eigenvalue weighted by Crippen LogP contribution is -2.31. The Morgan fingerprint density at radius 3 is 2.75 bits per heavy atom. The quantitative estimate of drug-likeness (QED) is 0.903. The molecule has 2 aromatic rings. The highest BCUT2D eigenvalue weighted by atomic mass is 35.5. The Balaban J connectivity index is 0.00000169. The van der Waals surface area contributed by atoms with Crippen LogP contribution in [0.1, 0.15) is 15.2 Å². The molecule has 1 N–H and O–H groups in total. The molecule has 0 bridgehead atoms. The third-order valence-corrected chi connectivity index (χ3v) is 6.11. The number of carbonyl (C=O) groups is 1. The molecule has 2 atom stereocenters. The van der Waals surface area contributed by atoms with Crippen molar-refractivity contribution in [3.05, 3.63) is 34.5 Å². The van der Waals surface area contributed by atoms with Crippen LogP contribution < -0.4 is 5.32 Å². The van der Waals surface area contributed by atoms with Crippen molar-refractivity contribution >= 4 is 39.7 Å².